The summed E-state index contributed by atoms with van der Waals surface area (Å²) in [6.07, 6.45) is 8.00. The number of pyridine rings is 1. The largest absolute Gasteiger partial charge is 0.309 e. The molecule has 1 saturated heterocycles. The van der Waals surface area contributed by atoms with Gasteiger partial charge in [-0.25, -0.2) is 0 Å². The van der Waals surface area contributed by atoms with Gasteiger partial charge in [-0.1, -0.05) is 0 Å². The van der Waals surface area contributed by atoms with Gasteiger partial charge in [-0.15, -0.1) is 0 Å². The Labute approximate surface area is 103 Å². The Morgan fingerprint density at radius 3 is 3.06 bits per heavy atom. The Morgan fingerprint density at radius 2 is 2.29 bits per heavy atom. The zero-order valence-electron chi connectivity index (χ0n) is 10.5. The van der Waals surface area contributed by atoms with Crippen LogP contribution in [0.1, 0.15) is 30.4 Å². The molecule has 3 heteroatoms. The molecule has 0 radical (unpaired) electrons. The van der Waals surface area contributed by atoms with Gasteiger partial charge >= 0.3 is 0 Å². The maximum Gasteiger partial charge on any atom is 0.0315 e. The quantitative estimate of drug-likeness (QED) is 0.855. The first-order chi connectivity index (χ1) is 8.33. The van der Waals surface area contributed by atoms with Crippen LogP contribution < -0.4 is 5.32 Å². The molecule has 0 bridgehead atoms. The zero-order valence-corrected chi connectivity index (χ0v) is 10.5. The lowest BCUT2D eigenvalue weighted by atomic mass is 10.1. The molecule has 1 unspecified atom stereocenters. The maximum atomic E-state index is 4.19. The van der Waals surface area contributed by atoms with Gasteiger partial charge in [0.1, 0.15) is 0 Å². The number of aryl methyl sites for hydroxylation is 1. The van der Waals surface area contributed by atoms with Crippen LogP contribution in [-0.2, 0) is 6.54 Å². The molecule has 17 heavy (non-hydrogen) atoms. The van der Waals surface area contributed by atoms with Crippen LogP contribution in [0, 0.1) is 6.92 Å². The van der Waals surface area contributed by atoms with E-state index in [1.165, 1.54) is 43.5 Å². The Hall–Kier alpha value is -0.930. The van der Waals surface area contributed by atoms with Crippen LogP contribution in [0.2, 0.25) is 0 Å². The normalized spacial score (nSPS) is 25.4. The van der Waals surface area contributed by atoms with Crippen LogP contribution in [0.15, 0.2) is 18.5 Å². The number of nitrogens with one attached hydrogen (secondary N) is 1. The molecule has 1 aliphatic carbocycles. The van der Waals surface area contributed by atoms with Crippen LogP contribution >= 0.6 is 0 Å². The van der Waals surface area contributed by atoms with Gasteiger partial charge < -0.3 is 5.32 Å². The SMILES string of the molecule is Cc1ccncc1CNC1CCN(C2CC2)C1. The van der Waals surface area contributed by atoms with E-state index in [9.17, 15) is 0 Å². The topological polar surface area (TPSA) is 28.2 Å². The van der Waals surface area contributed by atoms with Gasteiger partial charge in [0.25, 0.3) is 0 Å². The van der Waals surface area contributed by atoms with Crippen molar-refractivity contribution in [2.75, 3.05) is 13.1 Å². The molecule has 92 valence electrons. The van der Waals surface area contributed by atoms with Gasteiger partial charge in [-0.3, -0.25) is 9.88 Å². The van der Waals surface area contributed by atoms with Gasteiger partial charge in [0, 0.05) is 44.1 Å². The average Bonchev–Trinajstić information content (AvgIpc) is 3.08. The number of hydrogen-bond acceptors (Lipinski definition) is 3. The van der Waals surface area contributed by atoms with E-state index in [1.54, 1.807) is 0 Å². The Kier molecular flexibility index (Phi) is 3.12. The van der Waals surface area contributed by atoms with Gasteiger partial charge in [0.15, 0.2) is 0 Å². The molecule has 1 aromatic heterocycles. The lowest BCUT2D eigenvalue weighted by Gasteiger charge is -2.16. The van der Waals surface area contributed by atoms with Crippen LogP contribution in [-0.4, -0.2) is 35.1 Å². The van der Waals surface area contributed by atoms with E-state index in [1.807, 2.05) is 12.4 Å². The molecule has 0 aromatic carbocycles. The fourth-order valence-electron chi connectivity index (χ4n) is 2.66. The highest BCUT2D eigenvalue weighted by Gasteiger charge is 2.33. The molecule has 1 aliphatic heterocycles. The Bertz CT molecular complexity index is 387. The summed E-state index contributed by atoms with van der Waals surface area (Å²) in [4.78, 5) is 6.84. The molecule has 1 N–H and O–H groups in total. The highest BCUT2D eigenvalue weighted by atomic mass is 15.2. The molecule has 0 amide bonds. The first-order valence-corrected chi connectivity index (χ1v) is 6.70. The van der Waals surface area contributed by atoms with Gasteiger partial charge in [-0.05, 0) is 43.4 Å². The van der Waals surface area contributed by atoms with E-state index in [0.29, 0.717) is 6.04 Å². The van der Waals surface area contributed by atoms with E-state index in [4.69, 9.17) is 0 Å². The number of hydrogen-bond donors (Lipinski definition) is 1. The second-order valence-electron chi connectivity index (χ2n) is 5.39. The molecule has 3 nitrogen and oxygen atoms in total. The molecular formula is C14H21N3. The predicted octanol–water partition coefficient (Wildman–Crippen LogP) is 1.72. The highest BCUT2D eigenvalue weighted by Crippen LogP contribution is 2.29. The fraction of sp³-hybridized carbons (Fsp3) is 0.643. The van der Waals surface area contributed by atoms with Crippen LogP contribution in [0.3, 0.4) is 0 Å². The van der Waals surface area contributed by atoms with Crippen molar-refractivity contribution in [1.29, 1.82) is 0 Å². The third-order valence-corrected chi connectivity index (χ3v) is 4.01. The van der Waals surface area contributed by atoms with E-state index in [0.717, 1.165) is 12.6 Å². The van der Waals surface area contributed by atoms with E-state index in [-0.39, 0.29) is 0 Å². The second kappa shape index (κ2) is 4.75. The summed E-state index contributed by atoms with van der Waals surface area (Å²) >= 11 is 0. The van der Waals surface area contributed by atoms with Crippen molar-refractivity contribution in [2.45, 2.75) is 44.8 Å². The molecule has 1 atom stereocenters. The van der Waals surface area contributed by atoms with Crippen molar-refractivity contribution in [3.63, 3.8) is 0 Å². The standard InChI is InChI=1S/C14H21N3/c1-11-4-6-15-8-12(11)9-16-13-5-7-17(10-13)14-2-3-14/h4,6,8,13-14,16H,2-3,5,7,9-10H2,1H3. The smallest absolute Gasteiger partial charge is 0.0315 e. The summed E-state index contributed by atoms with van der Waals surface area (Å²) < 4.78 is 0. The maximum absolute atomic E-state index is 4.19. The molecule has 1 saturated carbocycles. The molecule has 0 spiro atoms. The minimum atomic E-state index is 0.676. The minimum absolute atomic E-state index is 0.676. The van der Waals surface area contributed by atoms with Crippen molar-refractivity contribution in [3.8, 4) is 0 Å². The number of likely N-dealkylation sites (tertiary alicyclic amines) is 1. The molecule has 2 aliphatic rings. The third kappa shape index (κ3) is 2.67. The van der Waals surface area contributed by atoms with Crippen molar-refractivity contribution in [3.05, 3.63) is 29.6 Å². The van der Waals surface area contributed by atoms with Gasteiger partial charge in [-0.2, -0.15) is 0 Å². The molecule has 1 aromatic rings. The van der Waals surface area contributed by atoms with Crippen molar-refractivity contribution in [1.82, 2.24) is 15.2 Å². The summed E-state index contributed by atoms with van der Waals surface area (Å²) in [5.74, 6) is 0. The molecule has 2 fully saturated rings. The Morgan fingerprint density at radius 1 is 1.41 bits per heavy atom. The van der Waals surface area contributed by atoms with Gasteiger partial charge in [0.2, 0.25) is 0 Å². The molecule has 3 rings (SSSR count). The summed E-state index contributed by atoms with van der Waals surface area (Å²) in [5, 5.41) is 3.67. The van der Waals surface area contributed by atoms with Crippen molar-refractivity contribution in [2.24, 2.45) is 0 Å². The number of aromatic nitrogens is 1. The molecule has 2 heterocycles. The lowest BCUT2D eigenvalue weighted by Crippen LogP contribution is -2.33. The summed E-state index contributed by atoms with van der Waals surface area (Å²) in [6, 6.07) is 3.68. The predicted molar refractivity (Wildman–Crippen MR) is 68.8 cm³/mol. The van der Waals surface area contributed by atoms with Crippen LogP contribution in [0.5, 0.6) is 0 Å². The van der Waals surface area contributed by atoms with E-state index < -0.39 is 0 Å². The van der Waals surface area contributed by atoms with Crippen LogP contribution in [0.25, 0.3) is 0 Å². The van der Waals surface area contributed by atoms with Crippen molar-refractivity contribution >= 4 is 0 Å². The highest BCUT2D eigenvalue weighted by molar-refractivity contribution is 5.21. The Balaban J connectivity index is 1.50. The second-order valence-corrected chi connectivity index (χ2v) is 5.39. The van der Waals surface area contributed by atoms with Crippen molar-refractivity contribution < 1.29 is 0 Å². The van der Waals surface area contributed by atoms with Crippen LogP contribution in [0.4, 0.5) is 0 Å². The summed E-state index contributed by atoms with van der Waals surface area (Å²) in [5.41, 5.74) is 2.67. The third-order valence-electron chi connectivity index (χ3n) is 4.01. The number of rotatable bonds is 4. The fourth-order valence-corrected chi connectivity index (χ4v) is 2.66. The lowest BCUT2D eigenvalue weighted by molar-refractivity contribution is 0.317. The molecular weight excluding hydrogens is 210 g/mol. The van der Waals surface area contributed by atoms with Gasteiger partial charge in [0.05, 0.1) is 0 Å². The number of nitrogens with zero attached hydrogens (tertiary/aromatic N) is 2. The monoisotopic (exact) mass is 231 g/mol. The average molecular weight is 231 g/mol. The zero-order chi connectivity index (χ0) is 11.7. The first kappa shape index (κ1) is 11.2. The summed E-state index contributed by atoms with van der Waals surface area (Å²) in [7, 11) is 0. The summed E-state index contributed by atoms with van der Waals surface area (Å²) in [6.45, 7) is 5.64. The first-order valence-electron chi connectivity index (χ1n) is 6.70. The van der Waals surface area contributed by atoms with E-state index in [2.05, 4.69) is 28.2 Å². The van der Waals surface area contributed by atoms with E-state index >= 15 is 0 Å². The minimum Gasteiger partial charge on any atom is -0.309 e.